The van der Waals surface area contributed by atoms with Crippen LogP contribution in [0.1, 0.15) is 51.9 Å². The van der Waals surface area contributed by atoms with Gasteiger partial charge in [-0.2, -0.15) is 0 Å². The largest absolute Gasteiger partial charge is 0.495 e. The first kappa shape index (κ1) is 17.4. The Morgan fingerprint density at radius 2 is 1.69 bits per heavy atom. The van der Waals surface area contributed by atoms with E-state index in [1.807, 2.05) is 0 Å². The summed E-state index contributed by atoms with van der Waals surface area (Å²) in [6.45, 7) is 1.47. The van der Waals surface area contributed by atoms with E-state index in [4.69, 9.17) is 4.74 Å². The fourth-order valence-electron chi connectivity index (χ4n) is 6.13. The highest BCUT2D eigenvalue weighted by molar-refractivity contribution is 5.95. The van der Waals surface area contributed by atoms with Gasteiger partial charge in [-0.1, -0.05) is 0 Å². The molecule has 0 radical (unpaired) electrons. The van der Waals surface area contributed by atoms with Gasteiger partial charge >= 0.3 is 0 Å². The summed E-state index contributed by atoms with van der Waals surface area (Å²) in [5.74, 6) is 3.05. The van der Waals surface area contributed by atoms with Crippen LogP contribution in [0.15, 0.2) is 18.2 Å². The second-order valence-corrected chi connectivity index (χ2v) is 8.74. The number of carbonyl (C=O) groups excluding carboxylic acids is 2. The fraction of sp³-hybridized carbons (Fsp3) is 0.619. The van der Waals surface area contributed by atoms with Crippen LogP contribution in [0.25, 0.3) is 0 Å². The number of hydrogen-bond acceptors (Lipinski definition) is 3. The molecule has 0 saturated heterocycles. The number of rotatable bonds is 5. The minimum absolute atomic E-state index is 0.0604. The Morgan fingerprint density at radius 1 is 1.08 bits per heavy atom. The Hall–Kier alpha value is -2.04. The number of amides is 2. The van der Waals surface area contributed by atoms with Crippen molar-refractivity contribution in [3.63, 3.8) is 0 Å². The van der Waals surface area contributed by atoms with Gasteiger partial charge in [0, 0.05) is 19.0 Å². The highest BCUT2D eigenvalue weighted by Crippen LogP contribution is 2.61. The molecular weight excluding hydrogens is 328 g/mol. The van der Waals surface area contributed by atoms with Gasteiger partial charge in [-0.3, -0.25) is 9.59 Å². The molecule has 4 bridgehead atoms. The second kappa shape index (κ2) is 6.60. The summed E-state index contributed by atoms with van der Waals surface area (Å²) in [4.78, 5) is 24.1. The van der Waals surface area contributed by atoms with Gasteiger partial charge in [-0.15, -0.1) is 0 Å². The molecule has 1 aromatic carbocycles. The maximum atomic E-state index is 12.8. The predicted octanol–water partition coefficient (Wildman–Crippen LogP) is 4.20. The van der Waals surface area contributed by atoms with Crippen LogP contribution in [0.4, 0.5) is 11.4 Å². The van der Waals surface area contributed by atoms with E-state index in [9.17, 15) is 9.59 Å². The van der Waals surface area contributed by atoms with Crippen molar-refractivity contribution in [3.8, 4) is 5.75 Å². The molecule has 0 spiro atoms. The lowest BCUT2D eigenvalue weighted by atomic mass is 9.49. The maximum Gasteiger partial charge on any atom is 0.225 e. The zero-order valence-corrected chi connectivity index (χ0v) is 15.6. The molecule has 2 amide bonds. The normalized spacial score (nSPS) is 31.5. The number of anilines is 2. The topological polar surface area (TPSA) is 67.4 Å². The van der Waals surface area contributed by atoms with Gasteiger partial charge in [0.15, 0.2) is 0 Å². The minimum Gasteiger partial charge on any atom is -0.495 e. The molecule has 4 fully saturated rings. The summed E-state index contributed by atoms with van der Waals surface area (Å²) in [6, 6.07) is 5.30. The minimum atomic E-state index is -0.138. The third-order valence-electron chi connectivity index (χ3n) is 6.49. The lowest BCUT2D eigenvalue weighted by molar-refractivity contribution is -0.124. The number of methoxy groups -OCH3 is 1. The van der Waals surface area contributed by atoms with Gasteiger partial charge in [-0.05, 0) is 79.9 Å². The van der Waals surface area contributed by atoms with Crippen LogP contribution in [0, 0.1) is 23.2 Å². The van der Waals surface area contributed by atoms with Gasteiger partial charge in [-0.25, -0.2) is 0 Å². The molecule has 2 N–H and O–H groups in total. The summed E-state index contributed by atoms with van der Waals surface area (Å²) in [5, 5.41) is 5.79. The van der Waals surface area contributed by atoms with E-state index >= 15 is 0 Å². The molecule has 0 atom stereocenters. The first-order chi connectivity index (χ1) is 12.4. The van der Waals surface area contributed by atoms with Crippen LogP contribution in [-0.4, -0.2) is 18.9 Å². The molecule has 0 heterocycles. The van der Waals surface area contributed by atoms with Crippen LogP contribution in [-0.2, 0) is 9.59 Å². The lowest BCUT2D eigenvalue weighted by Crippen LogP contribution is -2.47. The number of nitrogens with one attached hydrogen (secondary N) is 2. The molecule has 0 aromatic heterocycles. The van der Waals surface area contributed by atoms with Crippen molar-refractivity contribution in [1.29, 1.82) is 0 Å². The fourth-order valence-corrected chi connectivity index (χ4v) is 6.13. The molecule has 26 heavy (non-hydrogen) atoms. The van der Waals surface area contributed by atoms with E-state index in [1.165, 1.54) is 45.4 Å². The second-order valence-electron chi connectivity index (χ2n) is 8.74. The third kappa shape index (κ3) is 3.44. The highest BCUT2D eigenvalue weighted by atomic mass is 16.5. The summed E-state index contributed by atoms with van der Waals surface area (Å²) < 4.78 is 5.37. The van der Waals surface area contributed by atoms with Crippen molar-refractivity contribution in [3.05, 3.63) is 18.2 Å². The van der Waals surface area contributed by atoms with E-state index in [1.54, 1.807) is 25.3 Å². The van der Waals surface area contributed by atoms with Gasteiger partial charge in [0.2, 0.25) is 11.8 Å². The van der Waals surface area contributed by atoms with Crippen molar-refractivity contribution in [1.82, 2.24) is 0 Å². The number of benzene rings is 1. The van der Waals surface area contributed by atoms with Crippen molar-refractivity contribution >= 4 is 23.2 Å². The Bertz CT molecular complexity index is 693. The number of ether oxygens (including phenoxy) is 1. The van der Waals surface area contributed by atoms with E-state index in [0.29, 0.717) is 23.5 Å². The van der Waals surface area contributed by atoms with Crippen molar-refractivity contribution in [2.24, 2.45) is 23.2 Å². The Morgan fingerprint density at radius 3 is 2.23 bits per heavy atom. The molecule has 0 aliphatic heterocycles. The van der Waals surface area contributed by atoms with E-state index in [-0.39, 0.29) is 17.2 Å². The van der Waals surface area contributed by atoms with Gasteiger partial charge in [0.25, 0.3) is 0 Å². The van der Waals surface area contributed by atoms with Crippen molar-refractivity contribution in [2.45, 2.75) is 51.9 Å². The monoisotopic (exact) mass is 356 g/mol. The first-order valence-corrected chi connectivity index (χ1v) is 9.70. The van der Waals surface area contributed by atoms with Crippen molar-refractivity contribution in [2.75, 3.05) is 17.7 Å². The van der Waals surface area contributed by atoms with Gasteiger partial charge < -0.3 is 15.4 Å². The maximum absolute atomic E-state index is 12.8. The van der Waals surface area contributed by atoms with E-state index < -0.39 is 0 Å². The third-order valence-corrected chi connectivity index (χ3v) is 6.49. The molecule has 4 aliphatic rings. The SMILES string of the molecule is COc1ccc(NC(C)=O)cc1NC(=O)CC12CC3CC(CC(C3)C1)C2. The van der Waals surface area contributed by atoms with E-state index in [2.05, 4.69) is 10.6 Å². The molecule has 4 aliphatic carbocycles. The average Bonchev–Trinajstić information content (AvgIpc) is 2.52. The van der Waals surface area contributed by atoms with Gasteiger partial charge in [0.1, 0.15) is 5.75 Å². The molecule has 0 unspecified atom stereocenters. The lowest BCUT2D eigenvalue weighted by Gasteiger charge is -2.56. The predicted molar refractivity (Wildman–Crippen MR) is 101 cm³/mol. The zero-order valence-electron chi connectivity index (χ0n) is 15.6. The van der Waals surface area contributed by atoms with E-state index in [0.717, 1.165) is 17.8 Å². The molecular formula is C21H28N2O3. The molecule has 5 heteroatoms. The zero-order chi connectivity index (χ0) is 18.3. The van der Waals surface area contributed by atoms with Crippen molar-refractivity contribution < 1.29 is 14.3 Å². The Labute approximate surface area is 154 Å². The standard InChI is InChI=1S/C21H28N2O3/c1-13(24)22-17-3-4-19(26-2)18(8-17)23-20(25)12-21-9-14-5-15(10-21)7-16(6-14)11-21/h3-4,8,14-16H,5-7,9-12H2,1-2H3,(H,22,24)(H,23,25). The van der Waals surface area contributed by atoms with Crippen LogP contribution >= 0.6 is 0 Å². The smallest absolute Gasteiger partial charge is 0.225 e. The molecule has 140 valence electrons. The average molecular weight is 356 g/mol. The van der Waals surface area contributed by atoms with Crippen LogP contribution in [0.2, 0.25) is 0 Å². The molecule has 5 nitrogen and oxygen atoms in total. The molecule has 1 aromatic rings. The number of hydrogen-bond donors (Lipinski definition) is 2. The van der Waals surface area contributed by atoms with Crippen LogP contribution in [0.3, 0.4) is 0 Å². The summed E-state index contributed by atoms with van der Waals surface area (Å²) in [5.41, 5.74) is 1.48. The quantitative estimate of drug-likeness (QED) is 0.831. The molecule has 4 saturated carbocycles. The summed E-state index contributed by atoms with van der Waals surface area (Å²) in [6.07, 6.45) is 8.40. The van der Waals surface area contributed by atoms with Crippen LogP contribution < -0.4 is 15.4 Å². The Balaban J connectivity index is 1.47. The van der Waals surface area contributed by atoms with Gasteiger partial charge in [0.05, 0.1) is 12.8 Å². The number of carbonyl (C=O) groups is 2. The first-order valence-electron chi connectivity index (χ1n) is 9.70. The summed E-state index contributed by atoms with van der Waals surface area (Å²) >= 11 is 0. The summed E-state index contributed by atoms with van der Waals surface area (Å²) in [7, 11) is 1.59. The van der Waals surface area contributed by atoms with Crippen LogP contribution in [0.5, 0.6) is 5.75 Å². The highest BCUT2D eigenvalue weighted by Gasteiger charge is 2.51. The molecule has 5 rings (SSSR count). The Kier molecular flexibility index (Phi) is 4.41.